The SMILES string of the molecule is Clc1ccccc1COc1ccccc1-c1nc(N2CCNCC2)no1. The lowest BCUT2D eigenvalue weighted by Crippen LogP contribution is -2.44. The Kier molecular flexibility index (Phi) is 5.04. The first-order chi connectivity index (χ1) is 12.8. The molecule has 3 aromatic rings. The summed E-state index contributed by atoms with van der Waals surface area (Å²) in [5.74, 6) is 1.75. The number of aromatic nitrogens is 2. The van der Waals surface area contributed by atoms with Gasteiger partial charge in [0.25, 0.3) is 11.8 Å². The molecule has 0 atom stereocenters. The average Bonchev–Trinajstić information content (AvgIpc) is 3.18. The highest BCUT2D eigenvalue weighted by Gasteiger charge is 2.19. The van der Waals surface area contributed by atoms with Crippen LogP contribution in [0.5, 0.6) is 5.75 Å². The van der Waals surface area contributed by atoms with Crippen LogP contribution < -0.4 is 15.0 Å². The molecular weight excluding hydrogens is 352 g/mol. The van der Waals surface area contributed by atoms with E-state index in [0.717, 1.165) is 37.3 Å². The molecule has 0 amide bonds. The molecule has 7 heteroatoms. The summed E-state index contributed by atoms with van der Waals surface area (Å²) in [6, 6.07) is 15.3. The third-order valence-electron chi connectivity index (χ3n) is 4.27. The van der Waals surface area contributed by atoms with Crippen molar-refractivity contribution in [2.45, 2.75) is 6.61 Å². The third kappa shape index (κ3) is 3.66. The lowest BCUT2D eigenvalue weighted by Gasteiger charge is -2.25. The minimum Gasteiger partial charge on any atom is -0.488 e. The number of anilines is 1. The first-order valence-corrected chi connectivity index (χ1v) is 8.94. The van der Waals surface area contributed by atoms with E-state index in [1.165, 1.54) is 0 Å². The van der Waals surface area contributed by atoms with Gasteiger partial charge in [-0.1, -0.05) is 41.9 Å². The number of hydrogen-bond donors (Lipinski definition) is 1. The predicted molar refractivity (Wildman–Crippen MR) is 101 cm³/mol. The van der Waals surface area contributed by atoms with Crippen LogP contribution in [0.3, 0.4) is 0 Å². The molecule has 1 saturated heterocycles. The van der Waals surface area contributed by atoms with Crippen molar-refractivity contribution in [3.05, 3.63) is 59.1 Å². The van der Waals surface area contributed by atoms with Gasteiger partial charge in [-0.2, -0.15) is 4.98 Å². The lowest BCUT2D eigenvalue weighted by atomic mass is 10.2. The highest BCUT2D eigenvalue weighted by molar-refractivity contribution is 6.31. The van der Waals surface area contributed by atoms with Crippen molar-refractivity contribution in [1.82, 2.24) is 15.5 Å². The van der Waals surface area contributed by atoms with Gasteiger partial charge < -0.3 is 19.5 Å². The second-order valence-corrected chi connectivity index (χ2v) is 6.42. The van der Waals surface area contributed by atoms with Gasteiger partial charge in [-0.3, -0.25) is 0 Å². The maximum atomic E-state index is 6.21. The highest BCUT2D eigenvalue weighted by atomic mass is 35.5. The zero-order valence-electron chi connectivity index (χ0n) is 14.2. The number of benzene rings is 2. The molecule has 0 radical (unpaired) electrons. The third-order valence-corrected chi connectivity index (χ3v) is 4.64. The first kappa shape index (κ1) is 16.9. The second kappa shape index (κ2) is 7.76. The van der Waals surface area contributed by atoms with Crippen LogP contribution in [-0.2, 0) is 6.61 Å². The number of piperazine rings is 1. The molecule has 1 fully saturated rings. The molecular formula is C19H19ClN4O2. The summed E-state index contributed by atoms with van der Waals surface area (Å²) >= 11 is 6.21. The number of nitrogens with zero attached hydrogens (tertiary/aromatic N) is 3. The Labute approximate surface area is 156 Å². The van der Waals surface area contributed by atoms with Crippen LogP contribution in [-0.4, -0.2) is 36.3 Å². The molecule has 1 aliphatic heterocycles. The molecule has 2 heterocycles. The number of hydrogen-bond acceptors (Lipinski definition) is 6. The van der Waals surface area contributed by atoms with Crippen molar-refractivity contribution in [2.24, 2.45) is 0 Å². The Hall–Kier alpha value is -2.57. The van der Waals surface area contributed by atoms with E-state index in [1.807, 2.05) is 48.5 Å². The molecule has 0 unspecified atom stereocenters. The smallest absolute Gasteiger partial charge is 0.266 e. The van der Waals surface area contributed by atoms with E-state index in [4.69, 9.17) is 20.9 Å². The molecule has 0 aliphatic carbocycles. The zero-order valence-corrected chi connectivity index (χ0v) is 14.9. The Morgan fingerprint density at radius 3 is 2.69 bits per heavy atom. The fourth-order valence-electron chi connectivity index (χ4n) is 2.86. The monoisotopic (exact) mass is 370 g/mol. The molecule has 4 rings (SSSR count). The molecule has 2 aromatic carbocycles. The Bertz CT molecular complexity index is 877. The zero-order chi connectivity index (χ0) is 17.8. The van der Waals surface area contributed by atoms with E-state index in [9.17, 15) is 0 Å². The summed E-state index contributed by atoms with van der Waals surface area (Å²) in [6.45, 7) is 3.94. The first-order valence-electron chi connectivity index (χ1n) is 8.56. The van der Waals surface area contributed by atoms with Crippen LogP contribution in [0.15, 0.2) is 53.1 Å². The lowest BCUT2D eigenvalue weighted by molar-refractivity contribution is 0.306. The normalized spacial score (nSPS) is 14.4. The van der Waals surface area contributed by atoms with Crippen molar-refractivity contribution < 1.29 is 9.26 Å². The maximum absolute atomic E-state index is 6.21. The fraction of sp³-hybridized carbons (Fsp3) is 0.263. The van der Waals surface area contributed by atoms with Crippen LogP contribution in [0, 0.1) is 0 Å². The number of ether oxygens (including phenoxy) is 1. The van der Waals surface area contributed by atoms with Crippen LogP contribution in [0.4, 0.5) is 5.95 Å². The Morgan fingerprint density at radius 1 is 1.08 bits per heavy atom. The van der Waals surface area contributed by atoms with Crippen LogP contribution in [0.2, 0.25) is 5.02 Å². The van der Waals surface area contributed by atoms with Gasteiger partial charge in [-0.05, 0) is 23.4 Å². The van der Waals surface area contributed by atoms with Gasteiger partial charge in [-0.15, -0.1) is 0 Å². The molecule has 0 spiro atoms. The van der Waals surface area contributed by atoms with E-state index in [2.05, 4.69) is 20.4 Å². The topological polar surface area (TPSA) is 63.4 Å². The van der Waals surface area contributed by atoms with E-state index in [1.54, 1.807) is 0 Å². The second-order valence-electron chi connectivity index (χ2n) is 6.01. The van der Waals surface area contributed by atoms with Crippen molar-refractivity contribution in [3.63, 3.8) is 0 Å². The molecule has 26 heavy (non-hydrogen) atoms. The quantitative estimate of drug-likeness (QED) is 0.742. The number of nitrogens with one attached hydrogen (secondary N) is 1. The van der Waals surface area contributed by atoms with Crippen molar-refractivity contribution in [2.75, 3.05) is 31.1 Å². The summed E-state index contributed by atoms with van der Waals surface area (Å²) in [7, 11) is 0. The van der Waals surface area contributed by atoms with E-state index < -0.39 is 0 Å². The van der Waals surface area contributed by atoms with E-state index in [0.29, 0.717) is 29.2 Å². The maximum Gasteiger partial charge on any atom is 0.266 e. The molecule has 1 aliphatic rings. The van der Waals surface area contributed by atoms with Crippen molar-refractivity contribution in [1.29, 1.82) is 0 Å². The molecule has 6 nitrogen and oxygen atoms in total. The summed E-state index contributed by atoms with van der Waals surface area (Å²) in [6.07, 6.45) is 0. The number of halogens is 1. The molecule has 134 valence electrons. The van der Waals surface area contributed by atoms with Gasteiger partial charge in [-0.25, -0.2) is 0 Å². The average molecular weight is 371 g/mol. The standard InChI is InChI=1S/C19H19ClN4O2/c20-16-7-3-1-5-14(16)13-25-17-8-4-2-6-15(17)18-22-19(23-26-18)24-11-9-21-10-12-24/h1-8,21H,9-13H2. The van der Waals surface area contributed by atoms with E-state index in [-0.39, 0.29) is 0 Å². The molecule has 0 bridgehead atoms. The molecule has 0 saturated carbocycles. The van der Waals surface area contributed by atoms with Crippen LogP contribution >= 0.6 is 11.6 Å². The van der Waals surface area contributed by atoms with Gasteiger partial charge >= 0.3 is 0 Å². The number of rotatable bonds is 5. The highest BCUT2D eigenvalue weighted by Crippen LogP contribution is 2.31. The fourth-order valence-corrected chi connectivity index (χ4v) is 3.05. The van der Waals surface area contributed by atoms with Crippen LogP contribution in [0.1, 0.15) is 5.56 Å². The van der Waals surface area contributed by atoms with Gasteiger partial charge in [0.05, 0.1) is 5.56 Å². The summed E-state index contributed by atoms with van der Waals surface area (Å²) in [5, 5.41) is 8.12. The van der Waals surface area contributed by atoms with Gasteiger partial charge in [0.1, 0.15) is 12.4 Å². The largest absolute Gasteiger partial charge is 0.488 e. The Morgan fingerprint density at radius 2 is 1.85 bits per heavy atom. The van der Waals surface area contributed by atoms with Crippen LogP contribution in [0.25, 0.3) is 11.5 Å². The van der Waals surface area contributed by atoms with Gasteiger partial charge in [0, 0.05) is 36.8 Å². The summed E-state index contributed by atoms with van der Waals surface area (Å²) in [4.78, 5) is 6.66. The van der Waals surface area contributed by atoms with Gasteiger partial charge in [0.2, 0.25) is 0 Å². The van der Waals surface area contributed by atoms with Crippen molar-refractivity contribution in [3.8, 4) is 17.2 Å². The predicted octanol–water partition coefficient (Wildman–Crippen LogP) is 3.38. The Balaban J connectivity index is 1.54. The minimum atomic E-state index is 0.371. The summed E-state index contributed by atoms with van der Waals surface area (Å²) in [5.41, 5.74) is 1.70. The molecule has 1 aromatic heterocycles. The minimum absolute atomic E-state index is 0.371. The summed E-state index contributed by atoms with van der Waals surface area (Å²) < 4.78 is 11.5. The van der Waals surface area contributed by atoms with Gasteiger partial charge in [0.15, 0.2) is 0 Å². The van der Waals surface area contributed by atoms with E-state index >= 15 is 0 Å². The number of para-hydroxylation sites is 1. The van der Waals surface area contributed by atoms with Crippen molar-refractivity contribution >= 4 is 17.5 Å². The molecule has 1 N–H and O–H groups in total.